The van der Waals surface area contributed by atoms with Gasteiger partial charge in [0.2, 0.25) is 5.91 Å². The van der Waals surface area contributed by atoms with E-state index < -0.39 is 0 Å². The van der Waals surface area contributed by atoms with Gasteiger partial charge >= 0.3 is 0 Å². The van der Waals surface area contributed by atoms with Crippen molar-refractivity contribution >= 4 is 17.5 Å². The van der Waals surface area contributed by atoms with Gasteiger partial charge < -0.3 is 9.88 Å². The van der Waals surface area contributed by atoms with Gasteiger partial charge in [0.15, 0.2) is 0 Å². The third-order valence-electron chi connectivity index (χ3n) is 3.64. The van der Waals surface area contributed by atoms with Crippen LogP contribution in [0.15, 0.2) is 71.8 Å². The molecule has 0 atom stereocenters. The Morgan fingerprint density at radius 3 is 2.68 bits per heavy atom. The van der Waals surface area contributed by atoms with Crippen LogP contribution in [0.5, 0.6) is 0 Å². The van der Waals surface area contributed by atoms with Crippen molar-refractivity contribution < 1.29 is 4.79 Å². The second kappa shape index (κ2) is 7.77. The molecule has 1 N–H and O–H groups in total. The topological polar surface area (TPSA) is 64.0 Å². The van der Waals surface area contributed by atoms with Gasteiger partial charge in [0.25, 0.3) is 5.56 Å². The summed E-state index contributed by atoms with van der Waals surface area (Å²) in [5.74, 6) is -0.257. The molecule has 1 heterocycles. The number of aromatic nitrogens is 2. The average molecular weight is 354 g/mol. The SMILES string of the molecule is O=C(Cn1cc(-c2ccccc2)ncc1=O)NCc1cccc(Cl)c1. The standard InChI is InChI=1S/C19H16ClN3O2/c20-16-8-4-5-14(9-16)10-22-18(24)13-23-12-17(21-11-19(23)25)15-6-2-1-3-7-15/h1-9,11-12H,10,13H2,(H,22,24). The Hall–Kier alpha value is -2.92. The molecule has 3 aromatic rings. The predicted molar refractivity (Wildman–Crippen MR) is 97.2 cm³/mol. The van der Waals surface area contributed by atoms with Crippen LogP contribution in [0.3, 0.4) is 0 Å². The van der Waals surface area contributed by atoms with Crippen LogP contribution in [0.4, 0.5) is 0 Å². The van der Waals surface area contributed by atoms with E-state index in [1.165, 1.54) is 10.8 Å². The van der Waals surface area contributed by atoms with Crippen LogP contribution < -0.4 is 10.9 Å². The zero-order chi connectivity index (χ0) is 17.6. The van der Waals surface area contributed by atoms with E-state index in [1.54, 1.807) is 18.3 Å². The van der Waals surface area contributed by atoms with Crippen LogP contribution in [0.1, 0.15) is 5.56 Å². The summed E-state index contributed by atoms with van der Waals surface area (Å²) in [6, 6.07) is 16.7. The maximum atomic E-state index is 12.1. The minimum Gasteiger partial charge on any atom is -0.350 e. The third-order valence-corrected chi connectivity index (χ3v) is 3.87. The third kappa shape index (κ3) is 4.55. The van der Waals surface area contributed by atoms with Crippen LogP contribution in [0, 0.1) is 0 Å². The van der Waals surface area contributed by atoms with Gasteiger partial charge in [-0.15, -0.1) is 0 Å². The summed E-state index contributed by atoms with van der Waals surface area (Å²) in [5, 5.41) is 3.40. The zero-order valence-electron chi connectivity index (χ0n) is 13.4. The van der Waals surface area contributed by atoms with E-state index in [-0.39, 0.29) is 18.0 Å². The van der Waals surface area contributed by atoms with Crippen molar-refractivity contribution in [2.45, 2.75) is 13.1 Å². The van der Waals surface area contributed by atoms with Crippen molar-refractivity contribution in [3.8, 4) is 11.3 Å². The molecule has 25 heavy (non-hydrogen) atoms. The van der Waals surface area contributed by atoms with Gasteiger partial charge in [0.1, 0.15) is 6.54 Å². The Bertz CT molecular complexity index is 939. The second-order valence-corrected chi connectivity index (χ2v) is 5.95. The number of nitrogens with zero attached hydrogens (tertiary/aromatic N) is 2. The molecule has 6 heteroatoms. The summed E-state index contributed by atoms with van der Waals surface area (Å²) in [4.78, 5) is 28.2. The van der Waals surface area contributed by atoms with Crippen molar-refractivity contribution in [2.24, 2.45) is 0 Å². The molecule has 3 rings (SSSR count). The molecule has 126 valence electrons. The monoisotopic (exact) mass is 353 g/mol. The number of carbonyl (C=O) groups excluding carboxylic acids is 1. The molecular formula is C19H16ClN3O2. The molecule has 1 aromatic heterocycles. The normalized spacial score (nSPS) is 10.4. The summed E-state index contributed by atoms with van der Waals surface area (Å²) in [6.07, 6.45) is 2.82. The van der Waals surface area contributed by atoms with Crippen LogP contribution in [0.2, 0.25) is 5.02 Å². The van der Waals surface area contributed by atoms with Gasteiger partial charge in [0.05, 0.1) is 11.9 Å². The molecule has 0 saturated heterocycles. The van der Waals surface area contributed by atoms with E-state index in [0.29, 0.717) is 17.3 Å². The number of rotatable bonds is 5. The van der Waals surface area contributed by atoms with E-state index in [4.69, 9.17) is 11.6 Å². The van der Waals surface area contributed by atoms with E-state index in [9.17, 15) is 9.59 Å². The quantitative estimate of drug-likeness (QED) is 0.767. The van der Waals surface area contributed by atoms with Gasteiger partial charge in [-0.3, -0.25) is 9.59 Å². The van der Waals surface area contributed by atoms with Crippen molar-refractivity contribution in [3.05, 3.63) is 87.9 Å². The molecule has 0 radical (unpaired) electrons. The number of hydrogen-bond donors (Lipinski definition) is 1. The summed E-state index contributed by atoms with van der Waals surface area (Å²) in [5.41, 5.74) is 2.10. The minimum absolute atomic E-state index is 0.0677. The fraction of sp³-hybridized carbons (Fsp3) is 0.105. The average Bonchev–Trinajstić information content (AvgIpc) is 2.63. The van der Waals surface area contributed by atoms with Crippen molar-refractivity contribution in [3.63, 3.8) is 0 Å². The van der Waals surface area contributed by atoms with Crippen LogP contribution in [-0.4, -0.2) is 15.5 Å². The molecule has 0 aliphatic rings. The molecule has 0 unspecified atom stereocenters. The number of nitrogens with one attached hydrogen (secondary N) is 1. The number of amides is 1. The largest absolute Gasteiger partial charge is 0.350 e. The smallest absolute Gasteiger partial charge is 0.269 e. The molecule has 2 aromatic carbocycles. The molecule has 0 saturated carbocycles. The zero-order valence-corrected chi connectivity index (χ0v) is 14.1. The van der Waals surface area contributed by atoms with Gasteiger partial charge in [0, 0.05) is 23.3 Å². The lowest BCUT2D eigenvalue weighted by molar-refractivity contribution is -0.121. The maximum absolute atomic E-state index is 12.1. The number of halogens is 1. The lowest BCUT2D eigenvalue weighted by atomic mass is 10.2. The van der Waals surface area contributed by atoms with Crippen molar-refractivity contribution in [2.75, 3.05) is 0 Å². The summed E-state index contributed by atoms with van der Waals surface area (Å²) >= 11 is 5.92. The summed E-state index contributed by atoms with van der Waals surface area (Å²) in [7, 11) is 0. The van der Waals surface area contributed by atoms with E-state index in [0.717, 1.165) is 11.1 Å². The summed E-state index contributed by atoms with van der Waals surface area (Å²) < 4.78 is 1.35. The van der Waals surface area contributed by atoms with Gasteiger partial charge in [-0.2, -0.15) is 0 Å². The molecule has 1 amide bonds. The first-order valence-electron chi connectivity index (χ1n) is 7.75. The number of benzene rings is 2. The lowest BCUT2D eigenvalue weighted by Crippen LogP contribution is -2.31. The molecule has 0 bridgehead atoms. The van der Waals surface area contributed by atoms with Crippen LogP contribution in [0.25, 0.3) is 11.3 Å². The first kappa shape index (κ1) is 16.9. The number of hydrogen-bond acceptors (Lipinski definition) is 3. The number of carbonyl (C=O) groups is 1. The van der Waals surface area contributed by atoms with Crippen LogP contribution >= 0.6 is 11.6 Å². The first-order chi connectivity index (χ1) is 12.1. The van der Waals surface area contributed by atoms with Crippen molar-refractivity contribution in [1.82, 2.24) is 14.9 Å². The van der Waals surface area contributed by atoms with Crippen molar-refractivity contribution in [1.29, 1.82) is 0 Å². The lowest BCUT2D eigenvalue weighted by Gasteiger charge is -2.09. The minimum atomic E-state index is -0.322. The highest BCUT2D eigenvalue weighted by Gasteiger charge is 2.07. The Kier molecular flexibility index (Phi) is 5.26. The second-order valence-electron chi connectivity index (χ2n) is 5.51. The fourth-order valence-corrected chi connectivity index (χ4v) is 2.60. The fourth-order valence-electron chi connectivity index (χ4n) is 2.38. The molecule has 0 aliphatic carbocycles. The highest BCUT2D eigenvalue weighted by molar-refractivity contribution is 6.30. The first-order valence-corrected chi connectivity index (χ1v) is 8.13. The Morgan fingerprint density at radius 2 is 1.92 bits per heavy atom. The molecule has 0 spiro atoms. The van der Waals surface area contributed by atoms with Gasteiger partial charge in [-0.05, 0) is 17.7 Å². The highest BCUT2D eigenvalue weighted by Crippen LogP contribution is 2.14. The summed E-state index contributed by atoms with van der Waals surface area (Å²) in [6.45, 7) is 0.284. The predicted octanol–water partition coefficient (Wildman–Crippen LogP) is 2.88. The molecular weight excluding hydrogens is 338 g/mol. The molecule has 0 aliphatic heterocycles. The maximum Gasteiger partial charge on any atom is 0.269 e. The molecule has 5 nitrogen and oxygen atoms in total. The van der Waals surface area contributed by atoms with E-state index >= 15 is 0 Å². The Labute approximate surface area is 149 Å². The van der Waals surface area contributed by atoms with E-state index in [1.807, 2.05) is 42.5 Å². The highest BCUT2D eigenvalue weighted by atomic mass is 35.5. The molecule has 0 fully saturated rings. The Balaban J connectivity index is 1.69. The van der Waals surface area contributed by atoms with Gasteiger partial charge in [-0.25, -0.2) is 4.98 Å². The van der Waals surface area contributed by atoms with Gasteiger partial charge in [-0.1, -0.05) is 54.1 Å². The Morgan fingerprint density at radius 1 is 1.12 bits per heavy atom. The van der Waals surface area contributed by atoms with E-state index in [2.05, 4.69) is 10.3 Å². The van der Waals surface area contributed by atoms with Crippen LogP contribution in [-0.2, 0) is 17.9 Å².